The highest BCUT2D eigenvalue weighted by molar-refractivity contribution is 9.10. The van der Waals surface area contributed by atoms with Gasteiger partial charge in [0, 0.05) is 11.3 Å². The molecule has 0 aliphatic carbocycles. The van der Waals surface area contributed by atoms with Gasteiger partial charge < -0.3 is 9.84 Å². The maximum atomic E-state index is 13.7. The molecule has 0 bridgehead atoms. The van der Waals surface area contributed by atoms with E-state index in [9.17, 15) is 18.3 Å². The number of thioether (sulfide) groups is 1. The summed E-state index contributed by atoms with van der Waals surface area (Å²) in [7, 11) is 1.48. The van der Waals surface area contributed by atoms with E-state index in [0.717, 1.165) is 0 Å². The van der Waals surface area contributed by atoms with Crippen molar-refractivity contribution in [2.45, 2.75) is 43.9 Å². The van der Waals surface area contributed by atoms with Gasteiger partial charge in [0.15, 0.2) is 5.60 Å². The Morgan fingerprint density at radius 2 is 2.00 bits per heavy atom. The number of rotatable bonds is 6. The predicted molar refractivity (Wildman–Crippen MR) is 99.0 cm³/mol. The van der Waals surface area contributed by atoms with Crippen molar-refractivity contribution in [3.63, 3.8) is 0 Å². The topological polar surface area (TPSA) is 29.5 Å². The van der Waals surface area contributed by atoms with Gasteiger partial charge in [-0.05, 0) is 51.6 Å². The second-order valence-electron chi connectivity index (χ2n) is 7.04. The van der Waals surface area contributed by atoms with Crippen molar-refractivity contribution in [2.75, 3.05) is 12.9 Å². The average molecular weight is 439 g/mol. The molecule has 0 spiro atoms. The van der Waals surface area contributed by atoms with Crippen LogP contribution in [0.25, 0.3) is 0 Å². The SMILES string of the molecule is COc1c(Br)cccc1C(C)(C)CC(O)(CC1C=CSC1)C(F)(F)F. The molecular formula is C18H22BrF3O2S. The standard InChI is InChI=1S/C18H22BrF3O2S/c1-16(2,13-5-4-6-14(19)15(13)24-3)11-17(23,18(20,21)22)9-12-7-8-25-10-12/h4-8,12,23H,9-11H2,1-3H3. The molecule has 0 fully saturated rings. The molecule has 2 nitrogen and oxygen atoms in total. The van der Waals surface area contributed by atoms with Gasteiger partial charge in [-0.15, -0.1) is 11.8 Å². The molecule has 0 radical (unpaired) electrons. The van der Waals surface area contributed by atoms with E-state index in [4.69, 9.17) is 4.74 Å². The minimum Gasteiger partial charge on any atom is -0.495 e. The first-order valence-electron chi connectivity index (χ1n) is 7.90. The molecule has 1 aliphatic heterocycles. The Kier molecular flexibility index (Phi) is 6.22. The molecule has 2 atom stereocenters. The van der Waals surface area contributed by atoms with E-state index >= 15 is 0 Å². The number of alkyl halides is 3. The average Bonchev–Trinajstić information content (AvgIpc) is 2.97. The van der Waals surface area contributed by atoms with E-state index in [1.54, 1.807) is 43.5 Å². The van der Waals surface area contributed by atoms with Gasteiger partial charge in [0.2, 0.25) is 0 Å². The summed E-state index contributed by atoms with van der Waals surface area (Å²) in [4.78, 5) is 0. The van der Waals surface area contributed by atoms with Crippen molar-refractivity contribution >= 4 is 27.7 Å². The lowest BCUT2D eigenvalue weighted by molar-refractivity contribution is -0.271. The number of aliphatic hydroxyl groups is 1. The number of allylic oxidation sites excluding steroid dienone is 1. The van der Waals surface area contributed by atoms with Crippen LogP contribution in [0.3, 0.4) is 0 Å². The smallest absolute Gasteiger partial charge is 0.417 e. The van der Waals surface area contributed by atoms with Gasteiger partial charge in [0.05, 0.1) is 11.6 Å². The summed E-state index contributed by atoms with van der Waals surface area (Å²) in [6.07, 6.45) is -3.73. The molecule has 2 rings (SSSR count). The fourth-order valence-corrected chi connectivity index (χ4v) is 4.77. The first-order valence-corrected chi connectivity index (χ1v) is 9.75. The van der Waals surface area contributed by atoms with Gasteiger partial charge >= 0.3 is 6.18 Å². The van der Waals surface area contributed by atoms with E-state index in [1.165, 1.54) is 18.9 Å². The van der Waals surface area contributed by atoms with Crippen LogP contribution in [0.1, 0.15) is 32.3 Å². The van der Waals surface area contributed by atoms with E-state index < -0.39 is 23.6 Å². The number of methoxy groups -OCH3 is 1. The van der Waals surface area contributed by atoms with Gasteiger partial charge in [0.25, 0.3) is 0 Å². The van der Waals surface area contributed by atoms with Crippen LogP contribution < -0.4 is 4.74 Å². The van der Waals surface area contributed by atoms with Gasteiger partial charge in [0.1, 0.15) is 5.75 Å². The van der Waals surface area contributed by atoms with Crippen molar-refractivity contribution in [3.05, 3.63) is 39.7 Å². The summed E-state index contributed by atoms with van der Waals surface area (Å²) < 4.78 is 47.3. The lowest BCUT2D eigenvalue weighted by Gasteiger charge is -2.39. The molecule has 0 saturated heterocycles. The highest BCUT2D eigenvalue weighted by Gasteiger charge is 2.56. The fraction of sp³-hybridized carbons (Fsp3) is 0.556. The van der Waals surface area contributed by atoms with Gasteiger partial charge in [-0.25, -0.2) is 0 Å². The molecule has 140 valence electrons. The Labute approximate surface area is 159 Å². The molecular weight excluding hydrogens is 417 g/mol. The summed E-state index contributed by atoms with van der Waals surface area (Å²) in [6, 6.07) is 5.27. The Hall–Kier alpha value is -0.660. The summed E-state index contributed by atoms with van der Waals surface area (Å²) in [5.74, 6) is 0.782. The zero-order chi connectivity index (χ0) is 18.9. The van der Waals surface area contributed by atoms with Crippen LogP contribution in [0, 0.1) is 5.92 Å². The van der Waals surface area contributed by atoms with E-state index in [2.05, 4.69) is 15.9 Å². The maximum Gasteiger partial charge on any atom is 0.417 e. The first-order chi connectivity index (χ1) is 11.5. The summed E-state index contributed by atoms with van der Waals surface area (Å²) in [6.45, 7) is 3.40. The Morgan fingerprint density at radius 1 is 1.32 bits per heavy atom. The lowest BCUT2D eigenvalue weighted by Crippen LogP contribution is -2.50. The fourth-order valence-electron chi connectivity index (χ4n) is 3.33. The molecule has 7 heteroatoms. The molecule has 1 aromatic carbocycles. The number of hydrogen-bond acceptors (Lipinski definition) is 3. The summed E-state index contributed by atoms with van der Waals surface area (Å²) >= 11 is 4.84. The van der Waals surface area contributed by atoms with Crippen LogP contribution in [0.5, 0.6) is 5.75 Å². The van der Waals surface area contributed by atoms with Crippen molar-refractivity contribution < 1.29 is 23.0 Å². The Morgan fingerprint density at radius 3 is 2.52 bits per heavy atom. The highest BCUT2D eigenvalue weighted by Crippen LogP contribution is 2.48. The van der Waals surface area contributed by atoms with Crippen LogP contribution in [-0.2, 0) is 5.41 Å². The second kappa shape index (κ2) is 7.53. The molecule has 25 heavy (non-hydrogen) atoms. The van der Waals surface area contributed by atoms with E-state index in [1.807, 2.05) is 0 Å². The number of para-hydroxylation sites is 1. The third kappa shape index (κ3) is 4.55. The third-order valence-electron chi connectivity index (χ3n) is 4.52. The summed E-state index contributed by atoms with van der Waals surface area (Å²) in [5, 5.41) is 12.4. The van der Waals surface area contributed by atoms with Crippen LogP contribution >= 0.6 is 27.7 Å². The van der Waals surface area contributed by atoms with Crippen LogP contribution in [0.4, 0.5) is 13.2 Å². The number of benzene rings is 1. The monoisotopic (exact) mass is 438 g/mol. The molecule has 0 aromatic heterocycles. The van der Waals surface area contributed by atoms with Gasteiger partial charge in [-0.1, -0.05) is 32.1 Å². The Bertz CT molecular complexity index is 646. The first kappa shape index (κ1) is 20.6. The van der Waals surface area contributed by atoms with Crippen LogP contribution in [0.15, 0.2) is 34.2 Å². The van der Waals surface area contributed by atoms with Gasteiger partial charge in [-0.3, -0.25) is 0 Å². The molecule has 1 aromatic rings. The Balaban J connectivity index is 2.37. The summed E-state index contributed by atoms with van der Waals surface area (Å²) in [5.41, 5.74) is -3.07. The number of halogens is 4. The molecule has 0 amide bonds. The van der Waals surface area contributed by atoms with Crippen molar-refractivity contribution in [3.8, 4) is 5.75 Å². The molecule has 1 N–H and O–H groups in total. The normalized spacial score (nSPS) is 20.6. The third-order valence-corrected chi connectivity index (χ3v) is 6.11. The molecule has 1 heterocycles. The highest BCUT2D eigenvalue weighted by atomic mass is 79.9. The molecule has 0 saturated carbocycles. The zero-order valence-corrected chi connectivity index (χ0v) is 16.8. The number of hydrogen-bond donors (Lipinski definition) is 1. The largest absolute Gasteiger partial charge is 0.495 e. The minimum atomic E-state index is -4.70. The second-order valence-corrected chi connectivity index (χ2v) is 8.83. The zero-order valence-electron chi connectivity index (χ0n) is 14.4. The quantitative estimate of drug-likeness (QED) is 0.618. The van der Waals surface area contributed by atoms with Crippen LogP contribution in [0.2, 0.25) is 0 Å². The lowest BCUT2D eigenvalue weighted by atomic mass is 9.72. The minimum absolute atomic E-state index is 0.281. The van der Waals surface area contributed by atoms with Crippen molar-refractivity contribution in [1.29, 1.82) is 0 Å². The van der Waals surface area contributed by atoms with Gasteiger partial charge in [-0.2, -0.15) is 13.2 Å². The van der Waals surface area contributed by atoms with Crippen LogP contribution in [-0.4, -0.2) is 29.7 Å². The molecule has 2 unspecified atom stereocenters. The van der Waals surface area contributed by atoms with E-state index in [-0.39, 0.29) is 12.3 Å². The van der Waals surface area contributed by atoms with E-state index in [0.29, 0.717) is 21.5 Å². The maximum absolute atomic E-state index is 13.7. The predicted octanol–water partition coefficient (Wildman–Crippen LogP) is 5.69. The number of ether oxygens (including phenoxy) is 1. The van der Waals surface area contributed by atoms with Crippen molar-refractivity contribution in [2.24, 2.45) is 5.92 Å². The molecule has 1 aliphatic rings. The van der Waals surface area contributed by atoms with Crippen molar-refractivity contribution in [1.82, 2.24) is 0 Å².